The van der Waals surface area contributed by atoms with Gasteiger partial charge in [0, 0.05) is 29.6 Å². The van der Waals surface area contributed by atoms with Gasteiger partial charge in [0.25, 0.3) is 0 Å². The Morgan fingerprint density at radius 2 is 2.04 bits per heavy atom. The Bertz CT molecular complexity index is 794. The van der Waals surface area contributed by atoms with Crippen molar-refractivity contribution in [1.82, 2.24) is 20.2 Å². The van der Waals surface area contributed by atoms with Crippen LogP contribution in [-0.4, -0.2) is 20.2 Å². The van der Waals surface area contributed by atoms with Crippen molar-refractivity contribution in [2.24, 2.45) is 0 Å². The van der Waals surface area contributed by atoms with E-state index in [1.54, 1.807) is 18.6 Å². The van der Waals surface area contributed by atoms with Crippen LogP contribution in [0.1, 0.15) is 11.1 Å². The summed E-state index contributed by atoms with van der Waals surface area (Å²) in [5.74, 6) is 1.04. The molecule has 2 N–H and O–H groups in total. The molecule has 0 saturated carbocycles. The van der Waals surface area contributed by atoms with Gasteiger partial charge in [0.15, 0.2) is 5.82 Å². The Labute approximate surface area is 139 Å². The summed E-state index contributed by atoms with van der Waals surface area (Å²) in [7, 11) is 0. The van der Waals surface area contributed by atoms with Crippen molar-refractivity contribution in [3.63, 3.8) is 0 Å². The van der Waals surface area contributed by atoms with Crippen molar-refractivity contribution in [1.29, 1.82) is 0 Å². The topological polar surface area (TPSA) is 75.6 Å². The summed E-state index contributed by atoms with van der Waals surface area (Å²) in [5, 5.41) is 15.0. The molecule has 0 bridgehead atoms. The smallest absolute Gasteiger partial charge is 0.249 e. The standard InChI is InChI=1S/C16H15ClN6/c1-11-13(17)5-2-6-14(11)21-16-22-15(10-20-23-16)19-9-12-4-3-7-18-8-12/h2-8,10H,9H2,1H3,(H2,19,21,22,23). The maximum Gasteiger partial charge on any atom is 0.249 e. The van der Waals surface area contributed by atoms with E-state index in [1.807, 2.05) is 37.3 Å². The summed E-state index contributed by atoms with van der Waals surface area (Å²) >= 11 is 6.11. The lowest BCUT2D eigenvalue weighted by molar-refractivity contribution is 0.964. The minimum absolute atomic E-state index is 0.409. The van der Waals surface area contributed by atoms with E-state index in [2.05, 4.69) is 30.8 Å². The molecule has 2 heterocycles. The predicted molar refractivity (Wildman–Crippen MR) is 90.9 cm³/mol. The molecule has 7 heteroatoms. The number of hydrogen-bond acceptors (Lipinski definition) is 6. The molecule has 0 aliphatic rings. The molecule has 23 heavy (non-hydrogen) atoms. The predicted octanol–water partition coefficient (Wildman–Crippen LogP) is 3.58. The first-order chi connectivity index (χ1) is 11.2. The molecule has 0 fully saturated rings. The molecule has 0 spiro atoms. The minimum atomic E-state index is 0.409. The van der Waals surface area contributed by atoms with Crippen LogP contribution in [0, 0.1) is 6.92 Å². The summed E-state index contributed by atoms with van der Waals surface area (Å²) in [6, 6.07) is 9.51. The monoisotopic (exact) mass is 326 g/mol. The Morgan fingerprint density at radius 3 is 2.87 bits per heavy atom. The molecular formula is C16H15ClN6. The summed E-state index contributed by atoms with van der Waals surface area (Å²) in [5.41, 5.74) is 2.85. The first-order valence-corrected chi connectivity index (χ1v) is 7.45. The average Bonchev–Trinajstić information content (AvgIpc) is 2.59. The van der Waals surface area contributed by atoms with E-state index in [-0.39, 0.29) is 0 Å². The van der Waals surface area contributed by atoms with Gasteiger partial charge in [0.05, 0.1) is 6.20 Å². The lowest BCUT2D eigenvalue weighted by Crippen LogP contribution is -2.06. The second-order valence-corrected chi connectivity index (χ2v) is 5.32. The number of aromatic nitrogens is 4. The van der Waals surface area contributed by atoms with Crippen molar-refractivity contribution in [2.75, 3.05) is 10.6 Å². The molecular weight excluding hydrogens is 312 g/mol. The number of benzene rings is 1. The molecule has 0 aliphatic carbocycles. The Morgan fingerprint density at radius 1 is 1.13 bits per heavy atom. The summed E-state index contributed by atoms with van der Waals surface area (Å²) in [4.78, 5) is 8.47. The first kappa shape index (κ1) is 15.2. The quantitative estimate of drug-likeness (QED) is 0.746. The number of pyridine rings is 1. The maximum atomic E-state index is 6.11. The summed E-state index contributed by atoms with van der Waals surface area (Å²) in [6.07, 6.45) is 5.12. The van der Waals surface area contributed by atoms with Crippen molar-refractivity contribution in [2.45, 2.75) is 13.5 Å². The molecule has 0 unspecified atom stereocenters. The van der Waals surface area contributed by atoms with Gasteiger partial charge in [0.1, 0.15) is 0 Å². The van der Waals surface area contributed by atoms with Crippen molar-refractivity contribution in [3.05, 3.63) is 65.1 Å². The Kier molecular flexibility index (Phi) is 4.63. The van der Waals surface area contributed by atoms with E-state index in [9.17, 15) is 0 Å². The van der Waals surface area contributed by atoms with E-state index in [4.69, 9.17) is 11.6 Å². The van der Waals surface area contributed by atoms with E-state index in [0.717, 1.165) is 16.8 Å². The summed E-state index contributed by atoms with van der Waals surface area (Å²) in [6.45, 7) is 2.55. The second-order valence-electron chi connectivity index (χ2n) is 4.92. The molecule has 0 radical (unpaired) electrons. The molecule has 2 aromatic heterocycles. The highest BCUT2D eigenvalue weighted by Gasteiger charge is 2.05. The third kappa shape index (κ3) is 3.92. The van der Waals surface area contributed by atoms with Gasteiger partial charge in [0.2, 0.25) is 5.95 Å². The lowest BCUT2D eigenvalue weighted by atomic mass is 10.2. The molecule has 3 rings (SSSR count). The molecule has 116 valence electrons. The van der Waals surface area contributed by atoms with Crippen LogP contribution in [0.4, 0.5) is 17.5 Å². The summed E-state index contributed by atoms with van der Waals surface area (Å²) < 4.78 is 0. The third-order valence-electron chi connectivity index (χ3n) is 3.27. The van der Waals surface area contributed by atoms with Crippen LogP contribution in [0.3, 0.4) is 0 Å². The highest BCUT2D eigenvalue weighted by Crippen LogP contribution is 2.24. The molecule has 6 nitrogen and oxygen atoms in total. The molecule has 1 aromatic carbocycles. The van der Waals surface area contributed by atoms with E-state index in [1.165, 1.54) is 0 Å². The van der Waals surface area contributed by atoms with Gasteiger partial charge in [-0.25, -0.2) is 0 Å². The fourth-order valence-corrected chi connectivity index (χ4v) is 2.17. The van der Waals surface area contributed by atoms with Gasteiger partial charge < -0.3 is 10.6 Å². The van der Waals surface area contributed by atoms with Crippen LogP contribution >= 0.6 is 11.6 Å². The number of hydrogen-bond donors (Lipinski definition) is 2. The zero-order valence-electron chi connectivity index (χ0n) is 12.5. The van der Waals surface area contributed by atoms with Crippen molar-refractivity contribution in [3.8, 4) is 0 Å². The van der Waals surface area contributed by atoms with E-state index in [0.29, 0.717) is 23.3 Å². The van der Waals surface area contributed by atoms with Crippen molar-refractivity contribution < 1.29 is 0 Å². The normalized spacial score (nSPS) is 10.3. The zero-order valence-corrected chi connectivity index (χ0v) is 13.2. The highest BCUT2D eigenvalue weighted by atomic mass is 35.5. The van der Waals surface area contributed by atoms with Gasteiger partial charge in [-0.05, 0) is 36.2 Å². The first-order valence-electron chi connectivity index (χ1n) is 7.07. The van der Waals surface area contributed by atoms with E-state index >= 15 is 0 Å². The van der Waals surface area contributed by atoms with Crippen molar-refractivity contribution >= 4 is 29.1 Å². The van der Waals surface area contributed by atoms with Gasteiger partial charge in [-0.15, -0.1) is 5.10 Å². The Balaban J connectivity index is 1.71. The fraction of sp³-hybridized carbons (Fsp3) is 0.125. The fourth-order valence-electron chi connectivity index (χ4n) is 2.00. The SMILES string of the molecule is Cc1c(Cl)cccc1Nc1nncc(NCc2cccnc2)n1. The molecule has 3 aromatic rings. The minimum Gasteiger partial charge on any atom is -0.364 e. The van der Waals surface area contributed by atoms with Crippen LogP contribution in [-0.2, 0) is 6.54 Å². The van der Waals surface area contributed by atoms with E-state index < -0.39 is 0 Å². The van der Waals surface area contributed by atoms with Gasteiger partial charge in [-0.1, -0.05) is 23.7 Å². The van der Waals surface area contributed by atoms with Crippen LogP contribution in [0.2, 0.25) is 5.02 Å². The van der Waals surface area contributed by atoms with Gasteiger partial charge >= 0.3 is 0 Å². The second kappa shape index (κ2) is 7.02. The highest BCUT2D eigenvalue weighted by molar-refractivity contribution is 6.31. The van der Waals surface area contributed by atoms with Crippen LogP contribution in [0.25, 0.3) is 0 Å². The largest absolute Gasteiger partial charge is 0.364 e. The molecule has 0 aliphatic heterocycles. The Hall–Kier alpha value is -2.73. The third-order valence-corrected chi connectivity index (χ3v) is 3.68. The number of halogens is 1. The van der Waals surface area contributed by atoms with Crippen LogP contribution in [0.5, 0.6) is 0 Å². The van der Waals surface area contributed by atoms with Crippen LogP contribution in [0.15, 0.2) is 48.9 Å². The molecule has 0 atom stereocenters. The van der Waals surface area contributed by atoms with Crippen LogP contribution < -0.4 is 10.6 Å². The average molecular weight is 327 g/mol. The maximum absolute atomic E-state index is 6.11. The van der Waals surface area contributed by atoms with Gasteiger partial charge in [-0.2, -0.15) is 10.1 Å². The molecule has 0 saturated heterocycles. The molecule has 0 amide bonds. The number of nitrogens with one attached hydrogen (secondary N) is 2. The number of rotatable bonds is 5. The lowest BCUT2D eigenvalue weighted by Gasteiger charge is -2.10. The number of anilines is 3. The number of nitrogens with zero attached hydrogens (tertiary/aromatic N) is 4. The zero-order chi connectivity index (χ0) is 16.1. The van der Waals surface area contributed by atoms with Gasteiger partial charge in [-0.3, -0.25) is 4.98 Å².